The average molecular weight is 287 g/mol. The van der Waals surface area contributed by atoms with E-state index in [1.165, 1.54) is 19.2 Å². The molecule has 0 saturated carbocycles. The van der Waals surface area contributed by atoms with Crippen LogP contribution < -0.4 is 14.8 Å². The molecule has 2 N–H and O–H groups in total. The van der Waals surface area contributed by atoms with Crippen molar-refractivity contribution < 1.29 is 24.4 Å². The molecule has 7 nitrogen and oxygen atoms in total. The Morgan fingerprint density at radius 3 is 2.71 bits per heavy atom. The van der Waals surface area contributed by atoms with Gasteiger partial charge in [0.15, 0.2) is 11.5 Å². The van der Waals surface area contributed by atoms with Gasteiger partial charge in [0, 0.05) is 0 Å². The van der Waals surface area contributed by atoms with Crippen LogP contribution in [0.5, 0.6) is 17.2 Å². The maximum Gasteiger partial charge on any atom is 0.324 e. The number of hydrogen-bond acceptors (Lipinski definition) is 4. The van der Waals surface area contributed by atoms with Gasteiger partial charge < -0.3 is 14.8 Å². The Morgan fingerprint density at radius 2 is 2.00 bits per heavy atom. The molecule has 2 aromatic rings. The predicted molar refractivity (Wildman–Crippen MR) is 72.5 cm³/mol. The minimum atomic E-state index is -0.422. The molecule has 0 unspecified atom stereocenters. The Bertz CT molecular complexity index is 757. The molecule has 1 aliphatic heterocycles. The lowest BCUT2D eigenvalue weighted by molar-refractivity contribution is -0.729. The number of amides is 1. The monoisotopic (exact) mass is 287 g/mol. The summed E-state index contributed by atoms with van der Waals surface area (Å²) in [5.41, 5.74) is 0.558. The largest absolute Gasteiger partial charge is 0.496 e. The van der Waals surface area contributed by atoms with Gasteiger partial charge in [-0.05, 0) is 12.1 Å². The molecule has 7 heteroatoms. The number of para-hydroxylation sites is 2. The molecule has 2 aromatic carbocycles. The Morgan fingerprint density at radius 1 is 1.24 bits per heavy atom. The molecular weight excluding hydrogens is 276 g/mol. The second-order valence-electron chi connectivity index (χ2n) is 4.35. The fourth-order valence-electron chi connectivity index (χ4n) is 2.11. The van der Waals surface area contributed by atoms with E-state index in [0.717, 1.165) is 0 Å². The van der Waals surface area contributed by atoms with Crippen LogP contribution in [0.15, 0.2) is 36.4 Å². The van der Waals surface area contributed by atoms with Gasteiger partial charge in [0.1, 0.15) is 11.3 Å². The lowest BCUT2D eigenvalue weighted by Gasteiger charge is -2.09. The van der Waals surface area contributed by atoms with Crippen LogP contribution in [0.2, 0.25) is 0 Å². The number of carbonyl (C=O) groups excluding carboxylic acids is 1. The lowest BCUT2D eigenvalue weighted by atomic mass is 10.1. The molecule has 21 heavy (non-hydrogen) atoms. The molecule has 0 saturated heterocycles. The highest BCUT2D eigenvalue weighted by Gasteiger charge is 2.29. The molecule has 0 radical (unpaired) electrons. The summed E-state index contributed by atoms with van der Waals surface area (Å²) < 4.78 is 10.8. The number of fused-ring (bicyclic) bond motifs is 2. The van der Waals surface area contributed by atoms with Gasteiger partial charge in [-0.15, -0.1) is 0 Å². The topological polar surface area (TPSA) is 87.9 Å². The maximum absolute atomic E-state index is 12.3. The maximum atomic E-state index is 12.3. The molecule has 0 aromatic heterocycles. The highest BCUT2D eigenvalue weighted by atomic mass is 16.6. The fraction of sp³-hybridized carbons (Fsp3) is 0.0714. The number of rotatable bonds is 2. The van der Waals surface area contributed by atoms with E-state index in [4.69, 9.17) is 14.7 Å². The van der Waals surface area contributed by atoms with Crippen LogP contribution in [0.25, 0.3) is 0 Å². The highest BCUT2D eigenvalue weighted by molar-refractivity contribution is 6.10. The number of anilines is 1. The number of nitrogens with zero attached hydrogens (tertiary/aromatic N) is 1. The predicted octanol–water partition coefficient (Wildman–Crippen LogP) is 2.85. The molecule has 1 amide bonds. The third-order valence-electron chi connectivity index (χ3n) is 3.07. The molecule has 0 spiro atoms. The van der Waals surface area contributed by atoms with Crippen molar-refractivity contribution in [3.63, 3.8) is 0 Å². The van der Waals surface area contributed by atoms with Crippen molar-refractivity contribution >= 4 is 17.3 Å². The Kier molecular flexibility index (Phi) is 2.94. The molecule has 0 aliphatic carbocycles. The van der Waals surface area contributed by atoms with Crippen molar-refractivity contribution in [3.8, 4) is 17.2 Å². The van der Waals surface area contributed by atoms with Crippen LogP contribution in [-0.4, -0.2) is 23.1 Å². The summed E-state index contributed by atoms with van der Waals surface area (Å²) in [5, 5.41) is 11.7. The van der Waals surface area contributed by atoms with Crippen molar-refractivity contribution in [2.75, 3.05) is 12.4 Å². The molecular formula is C14H11N2O5+. The summed E-state index contributed by atoms with van der Waals surface area (Å²) in [6.07, 6.45) is 0. The van der Waals surface area contributed by atoms with Gasteiger partial charge in [0.25, 0.3) is 10.8 Å². The van der Waals surface area contributed by atoms with Crippen molar-refractivity contribution in [2.24, 2.45) is 0 Å². The van der Waals surface area contributed by atoms with Gasteiger partial charge in [-0.1, -0.05) is 12.1 Å². The minimum Gasteiger partial charge on any atom is -0.496 e. The van der Waals surface area contributed by atoms with Crippen LogP contribution >= 0.6 is 0 Å². The average Bonchev–Trinajstić information content (AvgIpc) is 2.61. The first-order valence-corrected chi connectivity index (χ1v) is 6.06. The van der Waals surface area contributed by atoms with Gasteiger partial charge in [0.05, 0.1) is 29.8 Å². The van der Waals surface area contributed by atoms with Crippen LogP contribution in [0.3, 0.4) is 0 Å². The number of ether oxygens (including phenoxy) is 2. The van der Waals surface area contributed by atoms with E-state index in [9.17, 15) is 9.70 Å². The summed E-state index contributed by atoms with van der Waals surface area (Å²) >= 11 is 0. The molecule has 0 atom stereocenters. The van der Waals surface area contributed by atoms with Gasteiger partial charge >= 0.3 is 5.69 Å². The molecule has 0 bridgehead atoms. The third-order valence-corrected chi connectivity index (χ3v) is 3.07. The van der Waals surface area contributed by atoms with E-state index < -0.39 is 5.91 Å². The lowest BCUT2D eigenvalue weighted by Crippen LogP contribution is -2.12. The van der Waals surface area contributed by atoms with Crippen LogP contribution in [0, 0.1) is 4.91 Å². The summed E-state index contributed by atoms with van der Waals surface area (Å²) in [6, 6.07) is 9.41. The summed E-state index contributed by atoms with van der Waals surface area (Å²) in [6.45, 7) is 0. The summed E-state index contributed by atoms with van der Waals surface area (Å²) in [4.78, 5) is 23.1. The molecule has 3 rings (SSSR count). The van der Waals surface area contributed by atoms with Gasteiger partial charge in [-0.2, -0.15) is 0 Å². The van der Waals surface area contributed by atoms with Gasteiger partial charge in [0.2, 0.25) is 0 Å². The smallest absolute Gasteiger partial charge is 0.324 e. The Labute approximate surface area is 119 Å². The molecule has 1 heterocycles. The van der Waals surface area contributed by atoms with E-state index in [1.54, 1.807) is 24.3 Å². The summed E-state index contributed by atoms with van der Waals surface area (Å²) in [7, 11) is 1.36. The number of hydrogen-bond donors (Lipinski definition) is 2. The van der Waals surface area contributed by atoms with Gasteiger partial charge in [-0.3, -0.25) is 4.79 Å². The van der Waals surface area contributed by atoms with Crippen molar-refractivity contribution in [1.29, 1.82) is 0 Å². The quantitative estimate of drug-likeness (QED) is 0.829. The Balaban J connectivity index is 2.23. The van der Waals surface area contributed by atoms with Gasteiger partial charge in [-0.25, -0.2) is 5.21 Å². The van der Waals surface area contributed by atoms with E-state index in [2.05, 4.69) is 5.32 Å². The van der Waals surface area contributed by atoms with Crippen LogP contribution in [0.4, 0.5) is 11.4 Å². The zero-order valence-corrected chi connectivity index (χ0v) is 11.0. The van der Waals surface area contributed by atoms with Crippen molar-refractivity contribution in [3.05, 3.63) is 46.9 Å². The minimum absolute atomic E-state index is 0.0993. The highest BCUT2D eigenvalue weighted by Crippen LogP contribution is 2.41. The first kappa shape index (κ1) is 12.9. The Hall–Kier alpha value is -3.09. The molecule has 106 valence electrons. The van der Waals surface area contributed by atoms with Crippen molar-refractivity contribution in [2.45, 2.75) is 0 Å². The normalized spacial score (nSPS) is 12.3. The zero-order chi connectivity index (χ0) is 15.0. The SMILES string of the molecule is COc1cc([N+](=O)O)cc2c1C(=O)Nc1ccccc1O2. The van der Waals surface area contributed by atoms with E-state index in [1.807, 2.05) is 0 Å². The number of carbonyl (C=O) groups is 1. The standard InChI is InChI=1S/C14H10N2O5/c1-20-11-6-8(16(18)19)7-12-13(11)14(17)15-9-4-2-3-5-10(9)21-12/h2-7H,1H3,(H-,15,17,18,19)/p+1. The second-order valence-corrected chi connectivity index (χ2v) is 4.35. The third kappa shape index (κ3) is 2.14. The molecule has 1 aliphatic rings. The molecule has 0 fully saturated rings. The first-order chi connectivity index (χ1) is 10.1. The number of methoxy groups -OCH3 is 1. The van der Waals surface area contributed by atoms with E-state index >= 15 is 0 Å². The van der Waals surface area contributed by atoms with Crippen molar-refractivity contribution in [1.82, 2.24) is 0 Å². The second kappa shape index (κ2) is 4.78. The number of nitrogens with one attached hydrogen (secondary N) is 1. The zero-order valence-electron chi connectivity index (χ0n) is 11.0. The van der Waals surface area contributed by atoms with Crippen LogP contribution in [-0.2, 0) is 0 Å². The number of benzene rings is 2. The van der Waals surface area contributed by atoms with E-state index in [0.29, 0.717) is 11.4 Å². The summed E-state index contributed by atoms with van der Waals surface area (Å²) in [5.74, 6) is 0.261. The van der Waals surface area contributed by atoms with Crippen LogP contribution in [0.1, 0.15) is 10.4 Å². The fourth-order valence-corrected chi connectivity index (χ4v) is 2.11. The van der Waals surface area contributed by atoms with E-state index in [-0.39, 0.29) is 27.7 Å². The first-order valence-electron chi connectivity index (χ1n) is 6.06.